The van der Waals surface area contributed by atoms with Crippen LogP contribution in [0.2, 0.25) is 0 Å². The lowest BCUT2D eigenvalue weighted by molar-refractivity contribution is 0.297. The molecule has 3 heterocycles. The van der Waals surface area contributed by atoms with E-state index in [0.29, 0.717) is 0 Å². The van der Waals surface area contributed by atoms with Crippen molar-refractivity contribution in [1.29, 1.82) is 0 Å². The highest BCUT2D eigenvalue weighted by molar-refractivity contribution is 7.99. The highest BCUT2D eigenvalue weighted by Crippen LogP contribution is 2.24. The van der Waals surface area contributed by atoms with Gasteiger partial charge >= 0.3 is 0 Å². The van der Waals surface area contributed by atoms with Gasteiger partial charge in [-0.25, -0.2) is 4.98 Å². The van der Waals surface area contributed by atoms with E-state index in [1.54, 1.807) is 11.3 Å². The molecule has 0 amide bonds. The van der Waals surface area contributed by atoms with Crippen molar-refractivity contribution in [1.82, 2.24) is 19.8 Å². The summed E-state index contributed by atoms with van der Waals surface area (Å²) in [5.74, 6) is 3.63. The fraction of sp³-hybridized carbons (Fsp3) is 0.533. The zero-order valence-electron chi connectivity index (χ0n) is 12.4. The molecule has 1 saturated heterocycles. The predicted octanol–water partition coefficient (Wildman–Crippen LogP) is 2.21. The van der Waals surface area contributed by atoms with Gasteiger partial charge in [0.15, 0.2) is 0 Å². The average molecular weight is 323 g/mol. The normalized spacial score (nSPS) is 18.0. The molecule has 2 aromatic rings. The molecule has 0 aliphatic carbocycles. The zero-order chi connectivity index (χ0) is 14.5. The summed E-state index contributed by atoms with van der Waals surface area (Å²) in [4.78, 5) is 8.41. The van der Waals surface area contributed by atoms with Gasteiger partial charge in [-0.1, -0.05) is 6.07 Å². The van der Waals surface area contributed by atoms with Crippen molar-refractivity contribution in [2.75, 3.05) is 37.7 Å². The molecule has 0 radical (unpaired) electrons. The number of nitrogens with zero attached hydrogens (tertiary/aromatic N) is 3. The van der Waals surface area contributed by atoms with Gasteiger partial charge in [-0.05, 0) is 11.4 Å². The number of aryl methyl sites for hydroxylation is 1. The summed E-state index contributed by atoms with van der Waals surface area (Å²) in [5, 5.41) is 5.83. The topological polar surface area (TPSA) is 33.1 Å². The van der Waals surface area contributed by atoms with Crippen LogP contribution in [0.4, 0.5) is 0 Å². The molecule has 3 rings (SSSR count). The van der Waals surface area contributed by atoms with Crippen molar-refractivity contribution in [3.63, 3.8) is 0 Å². The number of rotatable bonds is 6. The maximum absolute atomic E-state index is 4.53. The van der Waals surface area contributed by atoms with Crippen molar-refractivity contribution < 1.29 is 0 Å². The van der Waals surface area contributed by atoms with Crippen LogP contribution in [0.25, 0.3) is 0 Å². The molecule has 1 aliphatic heterocycles. The van der Waals surface area contributed by atoms with Crippen LogP contribution in [-0.2, 0) is 7.05 Å². The molecule has 1 aliphatic rings. The number of thioether (sulfide) groups is 1. The first-order valence-electron chi connectivity index (χ1n) is 7.38. The third-order valence-corrected chi connectivity index (χ3v) is 5.70. The fourth-order valence-electron chi connectivity index (χ4n) is 2.62. The first-order valence-corrected chi connectivity index (χ1v) is 9.42. The van der Waals surface area contributed by atoms with E-state index in [0.717, 1.165) is 18.9 Å². The summed E-state index contributed by atoms with van der Waals surface area (Å²) >= 11 is 3.85. The molecule has 1 fully saturated rings. The van der Waals surface area contributed by atoms with Gasteiger partial charge in [0.2, 0.25) is 0 Å². The van der Waals surface area contributed by atoms with Gasteiger partial charge in [0, 0.05) is 62.0 Å². The van der Waals surface area contributed by atoms with Crippen molar-refractivity contribution >= 4 is 23.1 Å². The number of hydrogen-bond donors (Lipinski definition) is 1. The first-order chi connectivity index (χ1) is 10.3. The molecule has 6 heteroatoms. The van der Waals surface area contributed by atoms with E-state index in [1.807, 2.05) is 12.4 Å². The van der Waals surface area contributed by atoms with E-state index in [4.69, 9.17) is 0 Å². The Labute approximate surface area is 134 Å². The molecule has 2 aromatic heterocycles. The smallest absolute Gasteiger partial charge is 0.131 e. The van der Waals surface area contributed by atoms with Crippen LogP contribution in [-0.4, -0.2) is 52.1 Å². The molecule has 0 spiro atoms. The van der Waals surface area contributed by atoms with Gasteiger partial charge in [0.25, 0.3) is 0 Å². The summed E-state index contributed by atoms with van der Waals surface area (Å²) in [6, 6.07) is 4.50. The lowest BCUT2D eigenvalue weighted by Gasteiger charge is -2.27. The monoisotopic (exact) mass is 322 g/mol. The summed E-state index contributed by atoms with van der Waals surface area (Å²) in [6.45, 7) is 4.56. The van der Waals surface area contributed by atoms with Gasteiger partial charge in [0.1, 0.15) is 11.9 Å². The maximum Gasteiger partial charge on any atom is 0.131 e. The molecule has 114 valence electrons. The minimum Gasteiger partial charge on any atom is -0.336 e. The average Bonchev–Trinajstić information content (AvgIpc) is 3.17. The maximum atomic E-state index is 4.53. The Hall–Kier alpha value is -0.820. The second-order valence-electron chi connectivity index (χ2n) is 5.25. The van der Waals surface area contributed by atoms with Crippen molar-refractivity contribution in [3.05, 3.63) is 40.6 Å². The molecular weight excluding hydrogens is 300 g/mol. The third-order valence-electron chi connectivity index (χ3n) is 3.82. The minimum absolute atomic E-state index is 0.198. The first kappa shape index (κ1) is 15.1. The van der Waals surface area contributed by atoms with Crippen LogP contribution in [0.1, 0.15) is 16.7 Å². The van der Waals surface area contributed by atoms with Gasteiger partial charge in [-0.2, -0.15) is 11.8 Å². The molecule has 0 saturated carbocycles. The summed E-state index contributed by atoms with van der Waals surface area (Å²) in [5.41, 5.74) is 0. The molecule has 1 N–H and O–H groups in total. The van der Waals surface area contributed by atoms with E-state index in [1.165, 1.54) is 29.5 Å². The quantitative estimate of drug-likeness (QED) is 0.884. The molecular formula is C15H22N4S2. The fourth-order valence-corrected chi connectivity index (χ4v) is 4.40. The number of thiophene rings is 1. The Balaban J connectivity index is 1.62. The standard InChI is InChI=1S/C15H22N4S2/c1-18-6-4-17-15(18)14(13-3-2-10-21-13)16-5-7-19-8-11-20-12-9-19/h2-4,6,10,14,16H,5,7-9,11-12H2,1H3. The van der Waals surface area contributed by atoms with Gasteiger partial charge < -0.3 is 14.8 Å². The molecule has 0 aromatic carbocycles. The van der Waals surface area contributed by atoms with Gasteiger partial charge in [0.05, 0.1) is 0 Å². The van der Waals surface area contributed by atoms with E-state index >= 15 is 0 Å². The summed E-state index contributed by atoms with van der Waals surface area (Å²) < 4.78 is 2.11. The van der Waals surface area contributed by atoms with E-state index < -0.39 is 0 Å². The molecule has 0 bridgehead atoms. The predicted molar refractivity (Wildman–Crippen MR) is 91.1 cm³/mol. The van der Waals surface area contributed by atoms with E-state index in [9.17, 15) is 0 Å². The largest absolute Gasteiger partial charge is 0.336 e. The number of nitrogens with one attached hydrogen (secondary N) is 1. The number of imidazole rings is 1. The molecule has 4 nitrogen and oxygen atoms in total. The van der Waals surface area contributed by atoms with Crippen molar-refractivity contribution in [2.45, 2.75) is 6.04 Å². The highest BCUT2D eigenvalue weighted by Gasteiger charge is 2.19. The molecule has 1 atom stereocenters. The lowest BCUT2D eigenvalue weighted by Crippen LogP contribution is -2.39. The van der Waals surface area contributed by atoms with Crippen LogP contribution >= 0.6 is 23.1 Å². The van der Waals surface area contributed by atoms with Crippen LogP contribution in [0, 0.1) is 0 Å². The Kier molecular flexibility index (Phi) is 5.35. The van der Waals surface area contributed by atoms with Crippen LogP contribution in [0.3, 0.4) is 0 Å². The number of hydrogen-bond acceptors (Lipinski definition) is 5. The molecule has 1 unspecified atom stereocenters. The van der Waals surface area contributed by atoms with Gasteiger partial charge in [-0.3, -0.25) is 0 Å². The second kappa shape index (κ2) is 7.45. The second-order valence-corrected chi connectivity index (χ2v) is 7.46. The third kappa shape index (κ3) is 3.88. The lowest BCUT2D eigenvalue weighted by atomic mass is 10.2. The zero-order valence-corrected chi connectivity index (χ0v) is 14.0. The van der Waals surface area contributed by atoms with Crippen LogP contribution in [0.5, 0.6) is 0 Å². The molecule has 21 heavy (non-hydrogen) atoms. The van der Waals surface area contributed by atoms with Crippen LogP contribution < -0.4 is 5.32 Å². The van der Waals surface area contributed by atoms with E-state index in [2.05, 4.69) is 56.1 Å². The highest BCUT2D eigenvalue weighted by atomic mass is 32.2. The Morgan fingerprint density at radius 3 is 2.90 bits per heavy atom. The van der Waals surface area contributed by atoms with Crippen LogP contribution in [0.15, 0.2) is 29.9 Å². The Morgan fingerprint density at radius 2 is 2.24 bits per heavy atom. The minimum atomic E-state index is 0.198. The summed E-state index contributed by atoms with van der Waals surface area (Å²) in [6.07, 6.45) is 3.89. The van der Waals surface area contributed by atoms with Gasteiger partial charge in [-0.15, -0.1) is 11.3 Å². The van der Waals surface area contributed by atoms with E-state index in [-0.39, 0.29) is 6.04 Å². The van der Waals surface area contributed by atoms with Crippen molar-refractivity contribution in [2.24, 2.45) is 7.05 Å². The Bertz CT molecular complexity index is 532. The number of aromatic nitrogens is 2. The van der Waals surface area contributed by atoms with Crippen molar-refractivity contribution in [3.8, 4) is 0 Å². The summed E-state index contributed by atoms with van der Waals surface area (Å²) in [7, 11) is 2.06. The Morgan fingerprint density at radius 1 is 1.38 bits per heavy atom. The SMILES string of the molecule is Cn1ccnc1C(NCCN1CCSCC1)c1cccs1.